The molecule has 0 aliphatic carbocycles. The zero-order valence-corrected chi connectivity index (χ0v) is 6.09. The van der Waals surface area contributed by atoms with Crippen molar-refractivity contribution >= 4 is 10.0 Å². The highest BCUT2D eigenvalue weighted by atomic mass is 32.3. The SMILES string of the molecule is CS(C)(C)CCO. The standard InChI is InChI=1S/C5H14OS/c1-7(2,3)5-4-6/h6H,4-5H2,1-3H3. The second kappa shape index (κ2) is 2.58. The molecule has 0 aromatic carbocycles. The first-order chi connectivity index (χ1) is 3.06. The normalized spacial score (nSPS) is 14.3. The van der Waals surface area contributed by atoms with Gasteiger partial charge in [0.1, 0.15) is 0 Å². The number of hydrogen-bond donors (Lipinski definition) is 1. The lowest BCUT2D eigenvalue weighted by atomic mass is 10.9. The van der Waals surface area contributed by atoms with Gasteiger partial charge in [0.05, 0.1) is 6.61 Å². The molecule has 0 saturated carbocycles. The van der Waals surface area contributed by atoms with E-state index in [0.29, 0.717) is 6.61 Å². The first-order valence-electron chi connectivity index (χ1n) is 2.33. The number of hydrogen-bond acceptors (Lipinski definition) is 1. The maximum Gasteiger partial charge on any atom is 0.0506 e. The van der Waals surface area contributed by atoms with Gasteiger partial charge in [0.2, 0.25) is 0 Å². The van der Waals surface area contributed by atoms with Gasteiger partial charge >= 0.3 is 0 Å². The maximum absolute atomic E-state index is 8.42. The molecule has 1 N–H and O–H groups in total. The van der Waals surface area contributed by atoms with Gasteiger partial charge in [-0.15, -0.1) is 0 Å². The minimum atomic E-state index is -0.424. The Labute approximate surface area is 47.1 Å². The Morgan fingerprint density at radius 3 is 1.71 bits per heavy atom. The van der Waals surface area contributed by atoms with Crippen molar-refractivity contribution in [3.05, 3.63) is 0 Å². The molecule has 0 aromatic rings. The predicted octanol–water partition coefficient (Wildman–Crippen LogP) is 0.673. The summed E-state index contributed by atoms with van der Waals surface area (Å²) in [6, 6.07) is 0. The van der Waals surface area contributed by atoms with Crippen molar-refractivity contribution in [3.63, 3.8) is 0 Å². The van der Waals surface area contributed by atoms with Gasteiger partial charge in [0, 0.05) is 0 Å². The Morgan fingerprint density at radius 2 is 1.71 bits per heavy atom. The Kier molecular flexibility index (Phi) is 2.69. The summed E-state index contributed by atoms with van der Waals surface area (Å²) in [6.07, 6.45) is 6.59. The van der Waals surface area contributed by atoms with Gasteiger partial charge in [-0.3, -0.25) is 0 Å². The van der Waals surface area contributed by atoms with Crippen molar-refractivity contribution in [2.75, 3.05) is 31.1 Å². The molecule has 0 saturated heterocycles. The molecule has 0 spiro atoms. The molecule has 46 valence electrons. The van der Waals surface area contributed by atoms with E-state index in [4.69, 9.17) is 5.11 Å². The number of aliphatic hydroxyl groups excluding tert-OH is 1. The third kappa shape index (κ3) is 6.31. The minimum absolute atomic E-state index is 0.346. The average molecular weight is 122 g/mol. The highest BCUT2D eigenvalue weighted by molar-refractivity contribution is 8.32. The van der Waals surface area contributed by atoms with Crippen LogP contribution in [-0.2, 0) is 0 Å². The van der Waals surface area contributed by atoms with Gasteiger partial charge in [-0.2, -0.15) is 0 Å². The fourth-order valence-corrected chi connectivity index (χ4v) is 0.822. The summed E-state index contributed by atoms with van der Waals surface area (Å²) < 4.78 is 0. The third-order valence-electron chi connectivity index (χ3n) is 0.704. The molecule has 7 heavy (non-hydrogen) atoms. The zero-order valence-electron chi connectivity index (χ0n) is 5.27. The zero-order chi connectivity index (χ0) is 5.91. The Bertz CT molecular complexity index is 46.5. The summed E-state index contributed by atoms with van der Waals surface area (Å²) in [4.78, 5) is 0. The van der Waals surface area contributed by atoms with E-state index in [1.54, 1.807) is 0 Å². The smallest absolute Gasteiger partial charge is 0.0506 e. The molecule has 0 unspecified atom stereocenters. The average Bonchev–Trinajstić information content (AvgIpc) is 1.30. The van der Waals surface area contributed by atoms with E-state index in [0.717, 1.165) is 5.75 Å². The first-order valence-corrected chi connectivity index (χ1v) is 5.36. The van der Waals surface area contributed by atoms with Crippen LogP contribution in [0, 0.1) is 0 Å². The fraction of sp³-hybridized carbons (Fsp3) is 1.00. The lowest BCUT2D eigenvalue weighted by Gasteiger charge is -2.22. The Balaban J connectivity index is 3.15. The molecule has 1 nitrogen and oxygen atoms in total. The first kappa shape index (κ1) is 7.31. The van der Waals surface area contributed by atoms with E-state index in [-0.39, 0.29) is 0 Å². The second-order valence-electron chi connectivity index (χ2n) is 2.52. The predicted molar refractivity (Wildman–Crippen MR) is 37.3 cm³/mol. The molecule has 0 radical (unpaired) electrons. The molecule has 0 aromatic heterocycles. The van der Waals surface area contributed by atoms with E-state index in [9.17, 15) is 0 Å². The van der Waals surface area contributed by atoms with E-state index in [2.05, 4.69) is 18.8 Å². The van der Waals surface area contributed by atoms with Crippen molar-refractivity contribution in [3.8, 4) is 0 Å². The van der Waals surface area contributed by atoms with Crippen LogP contribution in [0.25, 0.3) is 0 Å². The van der Waals surface area contributed by atoms with Crippen molar-refractivity contribution < 1.29 is 5.11 Å². The van der Waals surface area contributed by atoms with Gasteiger partial charge in [0.15, 0.2) is 0 Å². The van der Waals surface area contributed by atoms with Crippen LogP contribution in [0.2, 0.25) is 0 Å². The van der Waals surface area contributed by atoms with Crippen molar-refractivity contribution in [1.29, 1.82) is 0 Å². The topological polar surface area (TPSA) is 20.2 Å². The summed E-state index contributed by atoms with van der Waals surface area (Å²) in [5.74, 6) is 0.979. The molecule has 2 heteroatoms. The third-order valence-corrected chi connectivity index (χ3v) is 2.11. The highest BCUT2D eigenvalue weighted by Gasteiger charge is 1.99. The van der Waals surface area contributed by atoms with Crippen LogP contribution in [0.1, 0.15) is 0 Å². The molecule has 0 amide bonds. The fourth-order valence-electron chi connectivity index (χ4n) is 0.274. The molecule has 0 atom stereocenters. The largest absolute Gasteiger partial charge is 0.396 e. The Morgan fingerprint density at radius 1 is 1.29 bits per heavy atom. The van der Waals surface area contributed by atoms with Crippen LogP contribution >= 0.6 is 10.0 Å². The number of aliphatic hydroxyl groups is 1. The summed E-state index contributed by atoms with van der Waals surface area (Å²) in [6.45, 7) is 0.346. The van der Waals surface area contributed by atoms with E-state index in [1.165, 1.54) is 0 Å². The van der Waals surface area contributed by atoms with Crippen molar-refractivity contribution in [2.45, 2.75) is 0 Å². The lowest BCUT2D eigenvalue weighted by Crippen LogP contribution is -2.01. The molecule has 0 fully saturated rings. The quantitative estimate of drug-likeness (QED) is 0.571. The highest BCUT2D eigenvalue weighted by Crippen LogP contribution is 2.32. The maximum atomic E-state index is 8.42. The number of rotatable bonds is 2. The summed E-state index contributed by atoms with van der Waals surface area (Å²) in [5.41, 5.74) is 0. The van der Waals surface area contributed by atoms with Gasteiger partial charge in [0.25, 0.3) is 0 Å². The second-order valence-corrected chi connectivity index (χ2v) is 7.11. The molecule has 0 aliphatic rings. The van der Waals surface area contributed by atoms with Gasteiger partial charge in [-0.25, -0.2) is 10.0 Å². The minimum Gasteiger partial charge on any atom is -0.396 e. The lowest BCUT2D eigenvalue weighted by molar-refractivity contribution is 0.322. The van der Waals surface area contributed by atoms with Gasteiger partial charge < -0.3 is 5.11 Å². The van der Waals surface area contributed by atoms with Crippen LogP contribution in [0.5, 0.6) is 0 Å². The van der Waals surface area contributed by atoms with Crippen LogP contribution < -0.4 is 0 Å². The van der Waals surface area contributed by atoms with E-state index in [1.807, 2.05) is 0 Å². The molecule has 0 bridgehead atoms. The summed E-state index contributed by atoms with van der Waals surface area (Å²) >= 11 is 0. The van der Waals surface area contributed by atoms with Crippen molar-refractivity contribution in [2.24, 2.45) is 0 Å². The van der Waals surface area contributed by atoms with Crippen LogP contribution in [0.3, 0.4) is 0 Å². The Hall–Kier alpha value is 0.310. The van der Waals surface area contributed by atoms with Crippen molar-refractivity contribution in [1.82, 2.24) is 0 Å². The molecular formula is C5H14OS. The molecular weight excluding hydrogens is 108 g/mol. The summed E-state index contributed by atoms with van der Waals surface area (Å²) in [5, 5.41) is 8.42. The van der Waals surface area contributed by atoms with E-state index < -0.39 is 10.0 Å². The van der Waals surface area contributed by atoms with E-state index >= 15 is 0 Å². The van der Waals surface area contributed by atoms with Gasteiger partial charge in [-0.1, -0.05) is 0 Å². The molecule has 0 rings (SSSR count). The van der Waals surface area contributed by atoms with Gasteiger partial charge in [-0.05, 0) is 24.5 Å². The monoisotopic (exact) mass is 122 g/mol. The summed E-state index contributed by atoms with van der Waals surface area (Å²) in [7, 11) is -0.424. The molecule has 0 heterocycles. The molecule has 0 aliphatic heterocycles. The van der Waals surface area contributed by atoms with Crippen LogP contribution in [0.4, 0.5) is 0 Å². The van der Waals surface area contributed by atoms with Crippen LogP contribution in [0.15, 0.2) is 0 Å². The van der Waals surface area contributed by atoms with Crippen LogP contribution in [-0.4, -0.2) is 36.2 Å².